The lowest BCUT2D eigenvalue weighted by atomic mass is 10.2. The number of benzene rings is 1. The van der Waals surface area contributed by atoms with Gasteiger partial charge in [0, 0.05) is 16.5 Å². The zero-order chi connectivity index (χ0) is 11.5. The quantitative estimate of drug-likeness (QED) is 0.865. The van der Waals surface area contributed by atoms with Crippen LogP contribution in [-0.4, -0.2) is 17.0 Å². The van der Waals surface area contributed by atoms with E-state index in [-0.39, 0.29) is 0 Å². The first kappa shape index (κ1) is 11.8. The second kappa shape index (κ2) is 5.11. The third-order valence-electron chi connectivity index (χ3n) is 2.62. The van der Waals surface area contributed by atoms with Crippen LogP contribution >= 0.6 is 23.4 Å². The summed E-state index contributed by atoms with van der Waals surface area (Å²) in [6.07, 6.45) is 1.10. The van der Waals surface area contributed by atoms with E-state index < -0.39 is 0 Å². The highest BCUT2D eigenvalue weighted by Gasteiger charge is 2.16. The van der Waals surface area contributed by atoms with Gasteiger partial charge in [-0.3, -0.25) is 4.99 Å². The molecule has 0 fully saturated rings. The molecule has 86 valence electrons. The van der Waals surface area contributed by atoms with Gasteiger partial charge in [-0.2, -0.15) is 0 Å². The maximum atomic E-state index is 5.97. The monoisotopic (exact) mass is 254 g/mol. The van der Waals surface area contributed by atoms with Crippen LogP contribution in [0, 0.1) is 6.92 Å². The molecule has 1 aliphatic heterocycles. The summed E-state index contributed by atoms with van der Waals surface area (Å²) in [7, 11) is 0. The van der Waals surface area contributed by atoms with Crippen molar-refractivity contribution >= 4 is 34.2 Å². The molecule has 1 aromatic carbocycles. The molecule has 0 radical (unpaired) electrons. The Morgan fingerprint density at radius 3 is 3.06 bits per heavy atom. The van der Waals surface area contributed by atoms with Crippen LogP contribution < -0.4 is 5.32 Å². The molecule has 0 spiro atoms. The number of thioether (sulfide) groups is 1. The fourth-order valence-corrected chi connectivity index (χ4v) is 2.78. The predicted octanol–water partition coefficient (Wildman–Crippen LogP) is 3.94. The van der Waals surface area contributed by atoms with Crippen LogP contribution in [-0.2, 0) is 0 Å². The number of halogens is 1. The molecule has 1 atom stereocenters. The number of anilines is 1. The van der Waals surface area contributed by atoms with Gasteiger partial charge >= 0.3 is 0 Å². The summed E-state index contributed by atoms with van der Waals surface area (Å²) in [6, 6.07) is 6.33. The maximum absolute atomic E-state index is 5.97. The van der Waals surface area contributed by atoms with Gasteiger partial charge in [-0.25, -0.2) is 0 Å². The lowest BCUT2D eigenvalue weighted by molar-refractivity contribution is 0.738. The molecular formula is C12H15ClN2S. The Labute approximate surface area is 105 Å². The Kier molecular flexibility index (Phi) is 3.77. The van der Waals surface area contributed by atoms with Gasteiger partial charge in [0.25, 0.3) is 0 Å². The summed E-state index contributed by atoms with van der Waals surface area (Å²) in [6.45, 7) is 4.23. The summed E-state index contributed by atoms with van der Waals surface area (Å²) >= 11 is 7.75. The van der Waals surface area contributed by atoms with Gasteiger partial charge in [0.2, 0.25) is 0 Å². The number of rotatable bonds is 2. The molecule has 2 nitrogen and oxygen atoms in total. The van der Waals surface area contributed by atoms with E-state index in [0.717, 1.165) is 28.1 Å². The highest BCUT2D eigenvalue weighted by atomic mass is 35.5. The molecule has 2 rings (SSSR count). The first-order valence-corrected chi connectivity index (χ1v) is 6.79. The van der Waals surface area contributed by atoms with Crippen molar-refractivity contribution in [2.45, 2.75) is 26.3 Å². The topological polar surface area (TPSA) is 24.4 Å². The van der Waals surface area contributed by atoms with Crippen molar-refractivity contribution in [2.75, 3.05) is 11.1 Å². The van der Waals surface area contributed by atoms with Gasteiger partial charge in [-0.15, -0.1) is 0 Å². The zero-order valence-electron chi connectivity index (χ0n) is 9.46. The molecule has 0 amide bonds. The van der Waals surface area contributed by atoms with Gasteiger partial charge in [0.05, 0.1) is 6.04 Å². The fourth-order valence-electron chi connectivity index (χ4n) is 1.54. The van der Waals surface area contributed by atoms with Gasteiger partial charge in [0.1, 0.15) is 0 Å². The summed E-state index contributed by atoms with van der Waals surface area (Å²) in [5.41, 5.74) is 2.24. The van der Waals surface area contributed by atoms with Crippen LogP contribution in [0.5, 0.6) is 0 Å². The lowest BCUT2D eigenvalue weighted by Crippen LogP contribution is -2.06. The summed E-state index contributed by atoms with van der Waals surface area (Å²) in [4.78, 5) is 4.60. The van der Waals surface area contributed by atoms with Crippen LogP contribution in [0.3, 0.4) is 0 Å². The molecule has 0 saturated heterocycles. The molecule has 1 unspecified atom stereocenters. The van der Waals surface area contributed by atoms with Gasteiger partial charge < -0.3 is 5.32 Å². The normalized spacial score (nSPS) is 19.7. The van der Waals surface area contributed by atoms with Crippen molar-refractivity contribution in [3.63, 3.8) is 0 Å². The highest BCUT2D eigenvalue weighted by Crippen LogP contribution is 2.25. The molecular weight excluding hydrogens is 240 g/mol. The van der Waals surface area contributed by atoms with Crippen LogP contribution in [0.2, 0.25) is 5.02 Å². The molecule has 0 saturated carbocycles. The van der Waals surface area contributed by atoms with E-state index in [0.29, 0.717) is 6.04 Å². The molecule has 1 aromatic rings. The van der Waals surface area contributed by atoms with E-state index in [1.807, 2.05) is 18.2 Å². The standard InChI is InChI=1S/C12H15ClN2S/c1-3-10-7-16-12(14-10)15-11-6-9(13)5-4-8(11)2/h4-6,10H,3,7H2,1-2H3,(H,14,15). The third-order valence-corrected chi connectivity index (χ3v) is 3.89. The molecule has 1 N–H and O–H groups in total. The summed E-state index contributed by atoms with van der Waals surface area (Å²) in [5, 5.41) is 5.11. The Morgan fingerprint density at radius 1 is 1.56 bits per heavy atom. The summed E-state index contributed by atoms with van der Waals surface area (Å²) in [5.74, 6) is 1.08. The van der Waals surface area contributed by atoms with Crippen LogP contribution in [0.15, 0.2) is 23.2 Å². The Morgan fingerprint density at radius 2 is 2.38 bits per heavy atom. The van der Waals surface area contributed by atoms with E-state index >= 15 is 0 Å². The number of nitrogens with one attached hydrogen (secondary N) is 1. The average Bonchev–Trinajstić information content (AvgIpc) is 2.71. The first-order chi connectivity index (χ1) is 7.69. The second-order valence-corrected chi connectivity index (χ2v) is 5.34. The van der Waals surface area contributed by atoms with E-state index in [4.69, 9.17) is 11.6 Å². The molecule has 1 heterocycles. The number of hydrogen-bond acceptors (Lipinski definition) is 3. The Hall–Kier alpha value is -0.670. The SMILES string of the molecule is CCC1CSC(Nc2cc(Cl)ccc2C)=N1. The predicted molar refractivity (Wildman–Crippen MR) is 73.8 cm³/mol. The third kappa shape index (κ3) is 2.71. The number of nitrogens with zero attached hydrogens (tertiary/aromatic N) is 1. The molecule has 0 aromatic heterocycles. The number of aryl methyl sites for hydroxylation is 1. The van der Waals surface area contributed by atoms with Gasteiger partial charge in [-0.05, 0) is 31.0 Å². The van der Waals surface area contributed by atoms with Crippen molar-refractivity contribution in [1.82, 2.24) is 0 Å². The number of hydrogen-bond donors (Lipinski definition) is 1. The molecule has 0 bridgehead atoms. The van der Waals surface area contributed by atoms with Gasteiger partial charge in [0.15, 0.2) is 5.17 Å². The minimum atomic E-state index is 0.465. The molecule has 1 aliphatic rings. The Balaban J connectivity index is 2.12. The smallest absolute Gasteiger partial charge is 0.161 e. The van der Waals surface area contributed by atoms with Crippen molar-refractivity contribution in [3.05, 3.63) is 28.8 Å². The van der Waals surface area contributed by atoms with Crippen LogP contribution in [0.1, 0.15) is 18.9 Å². The van der Waals surface area contributed by atoms with E-state index in [2.05, 4.69) is 24.2 Å². The minimum Gasteiger partial charge on any atom is -0.335 e. The van der Waals surface area contributed by atoms with Crippen molar-refractivity contribution < 1.29 is 0 Å². The van der Waals surface area contributed by atoms with Crippen molar-refractivity contribution in [2.24, 2.45) is 4.99 Å². The maximum Gasteiger partial charge on any atom is 0.161 e. The molecule has 16 heavy (non-hydrogen) atoms. The number of aliphatic imine (C=N–C) groups is 1. The largest absolute Gasteiger partial charge is 0.335 e. The molecule has 0 aliphatic carbocycles. The second-order valence-electron chi connectivity index (χ2n) is 3.89. The highest BCUT2D eigenvalue weighted by molar-refractivity contribution is 8.14. The lowest BCUT2D eigenvalue weighted by Gasteiger charge is -2.08. The van der Waals surface area contributed by atoms with Crippen molar-refractivity contribution in [1.29, 1.82) is 0 Å². The first-order valence-electron chi connectivity index (χ1n) is 5.43. The Bertz CT molecular complexity index is 417. The van der Waals surface area contributed by atoms with E-state index in [1.54, 1.807) is 11.8 Å². The fraction of sp³-hybridized carbons (Fsp3) is 0.417. The average molecular weight is 255 g/mol. The number of amidine groups is 1. The zero-order valence-corrected chi connectivity index (χ0v) is 11.0. The van der Waals surface area contributed by atoms with Gasteiger partial charge in [-0.1, -0.05) is 36.4 Å². The van der Waals surface area contributed by atoms with Crippen LogP contribution in [0.4, 0.5) is 5.69 Å². The summed E-state index contributed by atoms with van der Waals surface area (Å²) < 4.78 is 0. The van der Waals surface area contributed by atoms with E-state index in [1.165, 1.54) is 5.56 Å². The van der Waals surface area contributed by atoms with Crippen LogP contribution in [0.25, 0.3) is 0 Å². The molecule has 4 heteroatoms. The van der Waals surface area contributed by atoms with Crippen molar-refractivity contribution in [3.8, 4) is 0 Å². The minimum absolute atomic E-state index is 0.465. The van der Waals surface area contributed by atoms with E-state index in [9.17, 15) is 0 Å².